The van der Waals surface area contributed by atoms with Gasteiger partial charge in [0.15, 0.2) is 0 Å². The van der Waals surface area contributed by atoms with Crippen LogP contribution in [0.2, 0.25) is 5.02 Å². The van der Waals surface area contributed by atoms with E-state index >= 15 is 0 Å². The third-order valence-corrected chi connectivity index (χ3v) is 3.08. The summed E-state index contributed by atoms with van der Waals surface area (Å²) < 4.78 is 40.7. The first-order chi connectivity index (χ1) is 11.3. The van der Waals surface area contributed by atoms with Gasteiger partial charge in [0.1, 0.15) is 11.5 Å². The molecular weight excluding hydrogens is 345 g/mol. The number of aromatic nitrogens is 1. The Morgan fingerprint density at radius 3 is 2.50 bits per heavy atom. The minimum Gasteiger partial charge on any atom is -0.508 e. The number of nitrogens with zero attached hydrogens (tertiary/aromatic N) is 1. The Balaban J connectivity index is 0.000000254. The number of pyridine rings is 1. The molecule has 0 atom stereocenters. The Kier molecular flexibility index (Phi) is 7.81. The maximum absolute atomic E-state index is 11.7. The fourth-order valence-electron chi connectivity index (χ4n) is 1.68. The molecule has 2 aromatic rings. The number of ether oxygens (including phenoxy) is 1. The van der Waals surface area contributed by atoms with Crippen LogP contribution in [0.1, 0.15) is 17.5 Å². The summed E-state index contributed by atoms with van der Waals surface area (Å²) in [5, 5.41) is 9.66. The van der Waals surface area contributed by atoms with Crippen molar-refractivity contribution in [3.05, 3.63) is 52.8 Å². The third kappa shape index (κ3) is 6.64. The molecule has 0 saturated carbocycles. The molecule has 0 aliphatic rings. The summed E-state index contributed by atoms with van der Waals surface area (Å²) in [5.74, 6) is 0.775. The second kappa shape index (κ2) is 9.34. The molecule has 0 radical (unpaired) electrons. The number of hydrogen-bond donors (Lipinski definition) is 2. The van der Waals surface area contributed by atoms with Gasteiger partial charge in [0, 0.05) is 18.5 Å². The molecule has 0 aliphatic heterocycles. The number of phenols is 1. The van der Waals surface area contributed by atoms with E-state index in [0.717, 1.165) is 24.2 Å². The molecule has 2 rings (SSSR count). The highest BCUT2D eigenvalue weighted by Gasteiger charge is 2.30. The van der Waals surface area contributed by atoms with Crippen LogP contribution < -0.4 is 10.5 Å². The van der Waals surface area contributed by atoms with E-state index in [1.54, 1.807) is 6.07 Å². The van der Waals surface area contributed by atoms with Crippen molar-refractivity contribution in [2.75, 3.05) is 13.2 Å². The van der Waals surface area contributed by atoms with Gasteiger partial charge < -0.3 is 15.6 Å². The van der Waals surface area contributed by atoms with Gasteiger partial charge >= 0.3 is 6.18 Å². The highest BCUT2D eigenvalue weighted by atomic mass is 35.5. The predicted molar refractivity (Wildman–Crippen MR) is 86.3 cm³/mol. The Morgan fingerprint density at radius 1 is 1.33 bits per heavy atom. The first-order valence-corrected chi connectivity index (χ1v) is 7.42. The third-order valence-electron chi connectivity index (χ3n) is 2.80. The molecule has 8 heteroatoms. The van der Waals surface area contributed by atoms with Crippen LogP contribution in [-0.2, 0) is 6.18 Å². The SMILES string of the molecule is Cc1cc(O)cc(Cl)c1OCCCN.FC(F)(F)c1cccnc1. The molecule has 1 heterocycles. The quantitative estimate of drug-likeness (QED) is 0.800. The molecule has 1 aromatic carbocycles. The van der Waals surface area contributed by atoms with E-state index in [0.29, 0.717) is 23.9 Å². The lowest BCUT2D eigenvalue weighted by Crippen LogP contribution is -2.06. The average Bonchev–Trinajstić information content (AvgIpc) is 2.51. The molecule has 132 valence electrons. The monoisotopic (exact) mass is 362 g/mol. The minimum atomic E-state index is -4.27. The standard InChI is InChI=1S/C10H14ClNO2.C6H4F3N/c1-7-5-8(13)6-9(11)10(7)14-4-2-3-12;7-6(8,9)5-2-1-3-10-4-5/h5-6,13H,2-4,12H2,1H3;1-4H. The van der Waals surface area contributed by atoms with Gasteiger partial charge in [0.05, 0.1) is 17.2 Å². The van der Waals surface area contributed by atoms with Crippen molar-refractivity contribution >= 4 is 11.6 Å². The normalized spacial score (nSPS) is 10.8. The number of nitrogens with two attached hydrogens (primary N) is 1. The number of rotatable bonds is 4. The topological polar surface area (TPSA) is 68.4 Å². The Hall–Kier alpha value is -1.99. The summed E-state index contributed by atoms with van der Waals surface area (Å²) in [5.41, 5.74) is 5.45. The second-order valence-corrected chi connectivity index (χ2v) is 5.21. The van der Waals surface area contributed by atoms with Crippen molar-refractivity contribution in [1.29, 1.82) is 0 Å². The zero-order valence-electron chi connectivity index (χ0n) is 13.0. The Morgan fingerprint density at radius 2 is 2.04 bits per heavy atom. The lowest BCUT2D eigenvalue weighted by molar-refractivity contribution is -0.137. The number of aromatic hydroxyl groups is 1. The lowest BCUT2D eigenvalue weighted by Gasteiger charge is -2.10. The Labute approximate surface area is 143 Å². The second-order valence-electron chi connectivity index (χ2n) is 4.80. The van der Waals surface area contributed by atoms with Gasteiger partial charge in [-0.25, -0.2) is 0 Å². The fourth-order valence-corrected chi connectivity index (χ4v) is 2.00. The first-order valence-electron chi connectivity index (χ1n) is 7.05. The van der Waals surface area contributed by atoms with Crippen molar-refractivity contribution < 1.29 is 23.0 Å². The van der Waals surface area contributed by atoms with E-state index in [2.05, 4.69) is 4.98 Å². The number of benzene rings is 1. The molecule has 1 aromatic heterocycles. The number of halogens is 4. The maximum Gasteiger partial charge on any atom is 0.417 e. The highest BCUT2D eigenvalue weighted by molar-refractivity contribution is 6.32. The summed E-state index contributed by atoms with van der Waals surface area (Å²) >= 11 is 5.90. The number of hydrogen-bond acceptors (Lipinski definition) is 4. The first kappa shape index (κ1) is 20.1. The summed E-state index contributed by atoms with van der Waals surface area (Å²) in [6, 6.07) is 5.31. The summed E-state index contributed by atoms with van der Waals surface area (Å²) in [4.78, 5) is 3.33. The van der Waals surface area contributed by atoms with Gasteiger partial charge in [0.25, 0.3) is 0 Å². The maximum atomic E-state index is 11.7. The summed E-state index contributed by atoms with van der Waals surface area (Å²) in [6.45, 7) is 2.97. The molecule has 0 fully saturated rings. The van der Waals surface area contributed by atoms with E-state index in [4.69, 9.17) is 22.1 Å². The fraction of sp³-hybridized carbons (Fsp3) is 0.312. The highest BCUT2D eigenvalue weighted by Crippen LogP contribution is 2.32. The molecule has 4 nitrogen and oxygen atoms in total. The summed E-state index contributed by atoms with van der Waals surface area (Å²) in [7, 11) is 0. The van der Waals surface area contributed by atoms with Crippen LogP contribution in [-0.4, -0.2) is 23.2 Å². The van der Waals surface area contributed by atoms with Crippen LogP contribution in [0.25, 0.3) is 0 Å². The molecule has 0 amide bonds. The van der Waals surface area contributed by atoms with Crippen LogP contribution in [0.4, 0.5) is 13.2 Å². The van der Waals surface area contributed by atoms with Crippen LogP contribution in [0.15, 0.2) is 36.7 Å². The lowest BCUT2D eigenvalue weighted by atomic mass is 10.2. The van der Waals surface area contributed by atoms with E-state index in [9.17, 15) is 18.3 Å². The van der Waals surface area contributed by atoms with Crippen molar-refractivity contribution in [2.24, 2.45) is 5.73 Å². The molecule has 0 unspecified atom stereocenters. The zero-order chi connectivity index (χ0) is 18.2. The molecule has 0 aliphatic carbocycles. The van der Waals surface area contributed by atoms with Gasteiger partial charge in [-0.15, -0.1) is 0 Å². The zero-order valence-corrected chi connectivity index (χ0v) is 13.7. The van der Waals surface area contributed by atoms with Gasteiger partial charge in [-0.1, -0.05) is 11.6 Å². The molecule has 0 spiro atoms. The van der Waals surface area contributed by atoms with E-state index < -0.39 is 11.7 Å². The molecule has 24 heavy (non-hydrogen) atoms. The minimum absolute atomic E-state index is 0.152. The van der Waals surface area contributed by atoms with Crippen molar-refractivity contribution in [1.82, 2.24) is 4.98 Å². The number of alkyl halides is 3. The van der Waals surface area contributed by atoms with Crippen molar-refractivity contribution in [3.63, 3.8) is 0 Å². The van der Waals surface area contributed by atoms with E-state index in [1.807, 2.05) is 6.92 Å². The van der Waals surface area contributed by atoms with Crippen LogP contribution >= 0.6 is 11.6 Å². The molecular formula is C16H18ClF3N2O2. The van der Waals surface area contributed by atoms with Crippen molar-refractivity contribution in [3.8, 4) is 11.5 Å². The van der Waals surface area contributed by atoms with Gasteiger partial charge in [-0.2, -0.15) is 13.2 Å². The van der Waals surface area contributed by atoms with Gasteiger partial charge in [-0.3, -0.25) is 4.98 Å². The van der Waals surface area contributed by atoms with Gasteiger partial charge in [-0.05, 0) is 43.7 Å². The number of phenolic OH excluding ortho intramolecular Hbond substituents is 1. The Bertz CT molecular complexity index is 614. The predicted octanol–water partition coefficient (Wildman–Crippen LogP) is 4.18. The van der Waals surface area contributed by atoms with Crippen LogP contribution in [0, 0.1) is 6.92 Å². The molecule has 0 bridgehead atoms. The van der Waals surface area contributed by atoms with E-state index in [-0.39, 0.29) is 5.75 Å². The largest absolute Gasteiger partial charge is 0.508 e. The van der Waals surface area contributed by atoms with Crippen LogP contribution in [0.3, 0.4) is 0 Å². The smallest absolute Gasteiger partial charge is 0.417 e. The van der Waals surface area contributed by atoms with Gasteiger partial charge in [0.2, 0.25) is 0 Å². The summed E-state index contributed by atoms with van der Waals surface area (Å²) in [6.07, 6.45) is -1.39. The number of aryl methyl sites for hydroxylation is 1. The average molecular weight is 363 g/mol. The van der Waals surface area contributed by atoms with E-state index in [1.165, 1.54) is 18.3 Å². The molecule has 3 N–H and O–H groups in total. The van der Waals surface area contributed by atoms with Crippen LogP contribution in [0.5, 0.6) is 11.5 Å². The van der Waals surface area contributed by atoms with Crippen molar-refractivity contribution in [2.45, 2.75) is 19.5 Å². The molecule has 0 saturated heterocycles.